The van der Waals surface area contributed by atoms with E-state index in [9.17, 15) is 14.4 Å². The highest BCUT2D eigenvalue weighted by molar-refractivity contribution is 5.71. The van der Waals surface area contributed by atoms with Crippen LogP contribution in [0.25, 0.3) is 0 Å². The van der Waals surface area contributed by atoms with Gasteiger partial charge in [0.1, 0.15) is 13.2 Å². The Hall–Kier alpha value is -1.59. The Morgan fingerprint density at radius 1 is 0.304 bits per heavy atom. The Kier molecular flexibility index (Phi) is 40.4. The van der Waals surface area contributed by atoms with Crippen molar-refractivity contribution in [3.05, 3.63) is 0 Å². The quantitative estimate of drug-likeness (QED) is 0.0348. The summed E-state index contributed by atoms with van der Waals surface area (Å²) in [5.41, 5.74) is 0. The summed E-state index contributed by atoms with van der Waals surface area (Å²) in [6.45, 7) is 13.6. The van der Waals surface area contributed by atoms with Crippen LogP contribution in [0.15, 0.2) is 0 Å². The highest BCUT2D eigenvalue weighted by Gasteiger charge is 2.19. The molecular weight excluding hydrogens is 697 g/mol. The van der Waals surface area contributed by atoms with Crippen LogP contribution in [0.3, 0.4) is 0 Å². The molecule has 0 spiro atoms. The molecule has 56 heavy (non-hydrogen) atoms. The van der Waals surface area contributed by atoms with E-state index in [1.807, 2.05) is 0 Å². The Morgan fingerprint density at radius 3 is 0.768 bits per heavy atom. The van der Waals surface area contributed by atoms with Crippen molar-refractivity contribution in [2.45, 2.75) is 272 Å². The average Bonchev–Trinajstić information content (AvgIpc) is 3.15. The third kappa shape index (κ3) is 43.5. The molecule has 0 saturated carbocycles. The summed E-state index contributed by atoms with van der Waals surface area (Å²) in [6, 6.07) is 0. The summed E-state index contributed by atoms with van der Waals surface area (Å²) < 4.78 is 16.7. The van der Waals surface area contributed by atoms with Gasteiger partial charge in [-0.1, -0.05) is 228 Å². The van der Waals surface area contributed by atoms with E-state index in [2.05, 4.69) is 41.5 Å². The van der Waals surface area contributed by atoms with Gasteiger partial charge in [0.25, 0.3) is 0 Å². The van der Waals surface area contributed by atoms with Crippen molar-refractivity contribution in [1.82, 2.24) is 0 Å². The van der Waals surface area contributed by atoms with Crippen LogP contribution < -0.4 is 0 Å². The maximum absolute atomic E-state index is 12.7. The van der Waals surface area contributed by atoms with Crippen molar-refractivity contribution in [1.29, 1.82) is 0 Å². The number of ether oxygens (including phenoxy) is 3. The fourth-order valence-electron chi connectivity index (χ4n) is 7.41. The van der Waals surface area contributed by atoms with Crippen molar-refractivity contribution >= 4 is 17.9 Å². The molecule has 0 rings (SSSR count). The van der Waals surface area contributed by atoms with Gasteiger partial charge in [0.15, 0.2) is 6.10 Å². The van der Waals surface area contributed by atoms with Crippen molar-refractivity contribution in [3.63, 3.8) is 0 Å². The summed E-state index contributed by atoms with van der Waals surface area (Å²) in [5.74, 6) is 1.54. The molecule has 0 aromatic rings. The SMILES string of the molecule is CC(C)CCCCCCCCCCCCCCCCCC(=O)OC[C@@H](COC(=O)CCCCCCCCCCC(C)C)OC(=O)CCCCCCCCC(C)C. The lowest BCUT2D eigenvalue weighted by Crippen LogP contribution is -2.30. The van der Waals surface area contributed by atoms with Crippen LogP contribution in [0.4, 0.5) is 0 Å². The predicted molar refractivity (Wildman–Crippen MR) is 238 cm³/mol. The van der Waals surface area contributed by atoms with Gasteiger partial charge < -0.3 is 14.2 Å². The molecule has 332 valence electrons. The minimum Gasteiger partial charge on any atom is -0.462 e. The zero-order valence-electron chi connectivity index (χ0n) is 38.4. The predicted octanol–water partition coefficient (Wildman–Crippen LogP) is 15.6. The molecule has 6 nitrogen and oxygen atoms in total. The van der Waals surface area contributed by atoms with Gasteiger partial charge in [0.05, 0.1) is 0 Å². The van der Waals surface area contributed by atoms with Crippen LogP contribution in [-0.2, 0) is 28.6 Å². The molecule has 1 atom stereocenters. The lowest BCUT2D eigenvalue weighted by atomic mass is 10.0. The van der Waals surface area contributed by atoms with E-state index < -0.39 is 6.10 Å². The smallest absolute Gasteiger partial charge is 0.306 e. The fourth-order valence-corrected chi connectivity index (χ4v) is 7.41. The summed E-state index contributed by atoms with van der Waals surface area (Å²) >= 11 is 0. The van der Waals surface area contributed by atoms with Crippen molar-refractivity contribution in [3.8, 4) is 0 Å². The van der Waals surface area contributed by atoms with Gasteiger partial charge in [-0.25, -0.2) is 0 Å². The van der Waals surface area contributed by atoms with E-state index >= 15 is 0 Å². The molecule has 0 N–H and O–H groups in total. The molecule has 0 aromatic heterocycles. The van der Waals surface area contributed by atoms with Crippen molar-refractivity contribution in [2.24, 2.45) is 17.8 Å². The number of unbranched alkanes of at least 4 members (excludes halogenated alkanes) is 26. The van der Waals surface area contributed by atoms with Crippen LogP contribution in [0.5, 0.6) is 0 Å². The monoisotopic (exact) mass is 793 g/mol. The van der Waals surface area contributed by atoms with Crippen LogP contribution in [0.2, 0.25) is 0 Å². The van der Waals surface area contributed by atoms with Crippen molar-refractivity contribution < 1.29 is 28.6 Å². The number of hydrogen-bond acceptors (Lipinski definition) is 6. The van der Waals surface area contributed by atoms with E-state index in [0.717, 1.165) is 75.5 Å². The summed E-state index contributed by atoms with van der Waals surface area (Å²) in [6.07, 6.45) is 39.7. The van der Waals surface area contributed by atoms with Crippen LogP contribution in [0, 0.1) is 17.8 Å². The maximum Gasteiger partial charge on any atom is 0.306 e. The first-order valence-corrected chi connectivity index (χ1v) is 24.6. The van der Waals surface area contributed by atoms with Gasteiger partial charge in [-0.05, 0) is 37.0 Å². The van der Waals surface area contributed by atoms with Crippen LogP contribution in [0.1, 0.15) is 266 Å². The second-order valence-electron chi connectivity index (χ2n) is 18.5. The maximum atomic E-state index is 12.7. The van der Waals surface area contributed by atoms with Gasteiger partial charge in [0.2, 0.25) is 0 Å². The first kappa shape index (κ1) is 54.4. The van der Waals surface area contributed by atoms with E-state index in [4.69, 9.17) is 14.2 Å². The van der Waals surface area contributed by atoms with Gasteiger partial charge in [-0.2, -0.15) is 0 Å². The first-order chi connectivity index (χ1) is 27.1. The minimum absolute atomic E-state index is 0.0663. The molecule has 0 aromatic carbocycles. The molecule has 0 bridgehead atoms. The van der Waals surface area contributed by atoms with E-state index in [1.54, 1.807) is 0 Å². The number of carbonyl (C=O) groups excluding carboxylic acids is 3. The Balaban J connectivity index is 4.23. The zero-order valence-corrected chi connectivity index (χ0v) is 38.4. The van der Waals surface area contributed by atoms with E-state index in [1.165, 1.54) is 148 Å². The standard InChI is InChI=1S/C50H96O6/c1-44(2)36-30-24-18-14-12-10-8-7-9-11-13-15-20-27-33-39-48(51)54-42-47(56-50(53)41-35-29-23-22-26-32-38-46(5)6)43-55-49(52)40-34-28-21-17-16-19-25-31-37-45(3)4/h44-47H,7-43H2,1-6H3/t47-/m0/s1. The second kappa shape index (κ2) is 41.6. The molecule has 6 heteroatoms. The van der Waals surface area contributed by atoms with Gasteiger partial charge in [-0.3, -0.25) is 14.4 Å². The number of carbonyl (C=O) groups is 3. The molecule has 0 radical (unpaired) electrons. The average molecular weight is 793 g/mol. The van der Waals surface area contributed by atoms with E-state index in [-0.39, 0.29) is 31.1 Å². The Labute approximate surface area is 348 Å². The molecule has 0 fully saturated rings. The largest absolute Gasteiger partial charge is 0.462 e. The van der Waals surface area contributed by atoms with Crippen LogP contribution >= 0.6 is 0 Å². The highest BCUT2D eigenvalue weighted by Crippen LogP contribution is 2.17. The molecule has 0 amide bonds. The molecule has 0 unspecified atom stereocenters. The summed E-state index contributed by atoms with van der Waals surface area (Å²) in [4.78, 5) is 37.8. The van der Waals surface area contributed by atoms with Gasteiger partial charge in [0, 0.05) is 19.3 Å². The van der Waals surface area contributed by atoms with Gasteiger partial charge in [-0.15, -0.1) is 0 Å². The molecule has 0 saturated heterocycles. The Bertz CT molecular complexity index is 868. The highest BCUT2D eigenvalue weighted by atomic mass is 16.6. The minimum atomic E-state index is -0.762. The first-order valence-electron chi connectivity index (χ1n) is 24.6. The van der Waals surface area contributed by atoms with Crippen LogP contribution in [-0.4, -0.2) is 37.2 Å². The third-order valence-electron chi connectivity index (χ3n) is 11.1. The van der Waals surface area contributed by atoms with Crippen molar-refractivity contribution in [2.75, 3.05) is 13.2 Å². The number of esters is 3. The summed E-state index contributed by atoms with van der Waals surface area (Å²) in [5, 5.41) is 0. The molecule has 0 heterocycles. The van der Waals surface area contributed by atoms with Gasteiger partial charge >= 0.3 is 17.9 Å². The lowest BCUT2D eigenvalue weighted by Gasteiger charge is -2.18. The van der Waals surface area contributed by atoms with E-state index in [0.29, 0.717) is 19.3 Å². The third-order valence-corrected chi connectivity index (χ3v) is 11.1. The number of rotatable bonds is 43. The molecule has 0 aliphatic carbocycles. The summed E-state index contributed by atoms with van der Waals surface area (Å²) in [7, 11) is 0. The molecule has 0 aliphatic rings. The second-order valence-corrected chi connectivity index (χ2v) is 18.5. The zero-order chi connectivity index (χ0) is 41.3. The molecular formula is C50H96O6. The Morgan fingerprint density at radius 2 is 0.518 bits per heavy atom. The topological polar surface area (TPSA) is 78.9 Å². The number of hydrogen-bond donors (Lipinski definition) is 0. The fraction of sp³-hybridized carbons (Fsp3) is 0.940. The normalized spacial score (nSPS) is 12.2. The molecule has 0 aliphatic heterocycles. The lowest BCUT2D eigenvalue weighted by molar-refractivity contribution is -0.167.